The summed E-state index contributed by atoms with van der Waals surface area (Å²) in [6, 6.07) is 4.57. The second kappa shape index (κ2) is 6.52. The number of rotatable bonds is 7. The number of likely N-dealkylation sites (N-methyl/N-ethyl adjacent to an activating group) is 1. The maximum Gasteiger partial charge on any atom is 0.201 e. The van der Waals surface area contributed by atoms with Crippen molar-refractivity contribution in [2.24, 2.45) is 0 Å². The Kier molecular flexibility index (Phi) is 4.74. The van der Waals surface area contributed by atoms with E-state index in [1.807, 2.05) is 0 Å². The lowest BCUT2D eigenvalue weighted by atomic mass is 10.3. The van der Waals surface area contributed by atoms with E-state index in [1.165, 1.54) is 12.1 Å². The van der Waals surface area contributed by atoms with Gasteiger partial charge >= 0.3 is 0 Å². The van der Waals surface area contributed by atoms with Crippen LogP contribution in [-0.4, -0.2) is 41.0 Å². The molecular formula is C14H21FN4. The van der Waals surface area contributed by atoms with Crippen molar-refractivity contribution in [2.45, 2.75) is 20.3 Å². The highest BCUT2D eigenvalue weighted by Gasteiger charge is 2.04. The van der Waals surface area contributed by atoms with Crippen molar-refractivity contribution < 1.29 is 4.39 Å². The second-order valence-electron chi connectivity index (χ2n) is 4.61. The minimum absolute atomic E-state index is 0.247. The maximum atomic E-state index is 13.1. The molecule has 0 saturated carbocycles. The molecule has 2 aromatic rings. The van der Waals surface area contributed by atoms with E-state index in [9.17, 15) is 4.39 Å². The Morgan fingerprint density at radius 2 is 2.16 bits per heavy atom. The minimum atomic E-state index is -0.247. The number of halogens is 1. The van der Waals surface area contributed by atoms with E-state index in [0.29, 0.717) is 5.95 Å². The van der Waals surface area contributed by atoms with Crippen LogP contribution in [0.3, 0.4) is 0 Å². The SMILES string of the molecule is CCCN(CC)CCNc1nc2ccc(F)cc2[nH]1. The van der Waals surface area contributed by atoms with Crippen LogP contribution in [0.5, 0.6) is 0 Å². The van der Waals surface area contributed by atoms with Crippen LogP contribution in [0, 0.1) is 5.82 Å². The first-order chi connectivity index (χ1) is 9.22. The predicted octanol–water partition coefficient (Wildman–Crippen LogP) is 2.85. The number of nitrogens with one attached hydrogen (secondary N) is 2. The zero-order valence-electron chi connectivity index (χ0n) is 11.5. The van der Waals surface area contributed by atoms with E-state index >= 15 is 0 Å². The van der Waals surface area contributed by atoms with Crippen LogP contribution in [0.1, 0.15) is 20.3 Å². The fourth-order valence-electron chi connectivity index (χ4n) is 2.14. The topological polar surface area (TPSA) is 44.0 Å². The summed E-state index contributed by atoms with van der Waals surface area (Å²) in [5.41, 5.74) is 1.51. The number of aromatic nitrogens is 2. The van der Waals surface area contributed by atoms with E-state index < -0.39 is 0 Å². The molecule has 0 unspecified atom stereocenters. The number of aromatic amines is 1. The van der Waals surface area contributed by atoms with Crippen LogP contribution in [0.25, 0.3) is 11.0 Å². The van der Waals surface area contributed by atoms with Crippen LogP contribution in [-0.2, 0) is 0 Å². The van der Waals surface area contributed by atoms with E-state index in [-0.39, 0.29) is 5.82 Å². The summed E-state index contributed by atoms with van der Waals surface area (Å²) in [5, 5.41) is 3.25. The highest BCUT2D eigenvalue weighted by molar-refractivity contribution is 5.77. The first-order valence-electron chi connectivity index (χ1n) is 6.84. The molecule has 1 heterocycles. The number of benzene rings is 1. The fraction of sp³-hybridized carbons (Fsp3) is 0.500. The van der Waals surface area contributed by atoms with Gasteiger partial charge in [0.2, 0.25) is 5.95 Å². The molecule has 5 heteroatoms. The van der Waals surface area contributed by atoms with Crippen molar-refractivity contribution in [2.75, 3.05) is 31.5 Å². The highest BCUT2D eigenvalue weighted by Crippen LogP contribution is 2.15. The van der Waals surface area contributed by atoms with Gasteiger partial charge in [-0.1, -0.05) is 13.8 Å². The number of imidazole rings is 1. The average Bonchev–Trinajstić information content (AvgIpc) is 2.79. The number of hydrogen-bond donors (Lipinski definition) is 2. The van der Waals surface area contributed by atoms with Gasteiger partial charge in [-0.25, -0.2) is 9.37 Å². The molecule has 1 aromatic heterocycles. The van der Waals surface area contributed by atoms with Gasteiger partial charge in [0.1, 0.15) is 5.82 Å². The average molecular weight is 264 g/mol. The van der Waals surface area contributed by atoms with Crippen LogP contribution in [0.4, 0.5) is 10.3 Å². The van der Waals surface area contributed by atoms with Gasteiger partial charge in [-0.15, -0.1) is 0 Å². The molecule has 0 aliphatic heterocycles. The summed E-state index contributed by atoms with van der Waals surface area (Å²) in [4.78, 5) is 9.83. The molecule has 19 heavy (non-hydrogen) atoms. The van der Waals surface area contributed by atoms with Gasteiger partial charge in [0, 0.05) is 13.1 Å². The van der Waals surface area contributed by atoms with Crippen molar-refractivity contribution in [3.8, 4) is 0 Å². The number of nitrogens with zero attached hydrogens (tertiary/aromatic N) is 2. The number of anilines is 1. The summed E-state index contributed by atoms with van der Waals surface area (Å²) in [5.74, 6) is 0.455. The molecule has 104 valence electrons. The Bertz CT molecular complexity index is 523. The molecule has 2 N–H and O–H groups in total. The summed E-state index contributed by atoms with van der Waals surface area (Å²) in [6.45, 7) is 8.33. The van der Waals surface area contributed by atoms with Crippen LogP contribution < -0.4 is 5.32 Å². The Labute approximate surface area is 113 Å². The molecule has 1 aromatic carbocycles. The highest BCUT2D eigenvalue weighted by atomic mass is 19.1. The standard InChI is InChI=1S/C14H21FN4/c1-3-8-19(4-2)9-7-16-14-17-12-6-5-11(15)10-13(12)18-14/h5-6,10H,3-4,7-9H2,1-2H3,(H2,16,17,18). The van der Waals surface area contributed by atoms with Crippen LogP contribution in [0.2, 0.25) is 0 Å². The third kappa shape index (κ3) is 3.67. The van der Waals surface area contributed by atoms with E-state index in [2.05, 4.69) is 34.0 Å². The molecule has 0 saturated heterocycles. The summed E-state index contributed by atoms with van der Waals surface area (Å²) < 4.78 is 13.1. The fourth-order valence-corrected chi connectivity index (χ4v) is 2.14. The molecule has 0 atom stereocenters. The summed E-state index contributed by atoms with van der Waals surface area (Å²) in [7, 11) is 0. The summed E-state index contributed by atoms with van der Waals surface area (Å²) in [6.07, 6.45) is 1.16. The lowest BCUT2D eigenvalue weighted by molar-refractivity contribution is 0.300. The van der Waals surface area contributed by atoms with E-state index in [0.717, 1.165) is 43.6 Å². The van der Waals surface area contributed by atoms with Crippen LogP contribution >= 0.6 is 0 Å². The Balaban J connectivity index is 1.91. The molecule has 0 fully saturated rings. The Morgan fingerprint density at radius 3 is 2.89 bits per heavy atom. The molecule has 0 radical (unpaired) electrons. The number of fused-ring (bicyclic) bond motifs is 1. The molecule has 0 spiro atoms. The van der Waals surface area contributed by atoms with E-state index in [4.69, 9.17) is 0 Å². The van der Waals surface area contributed by atoms with Gasteiger partial charge in [0.15, 0.2) is 0 Å². The summed E-state index contributed by atoms with van der Waals surface area (Å²) >= 11 is 0. The Hall–Kier alpha value is -1.62. The van der Waals surface area contributed by atoms with Gasteiger partial charge in [-0.05, 0) is 37.7 Å². The first-order valence-corrected chi connectivity index (χ1v) is 6.84. The maximum absolute atomic E-state index is 13.1. The molecule has 4 nitrogen and oxygen atoms in total. The van der Waals surface area contributed by atoms with Gasteiger partial charge in [0.25, 0.3) is 0 Å². The predicted molar refractivity (Wildman–Crippen MR) is 76.9 cm³/mol. The minimum Gasteiger partial charge on any atom is -0.355 e. The smallest absolute Gasteiger partial charge is 0.201 e. The quantitative estimate of drug-likeness (QED) is 0.808. The van der Waals surface area contributed by atoms with Crippen LogP contribution in [0.15, 0.2) is 18.2 Å². The van der Waals surface area contributed by atoms with Crippen molar-refractivity contribution in [3.63, 3.8) is 0 Å². The third-order valence-electron chi connectivity index (χ3n) is 3.15. The lowest BCUT2D eigenvalue weighted by Crippen LogP contribution is -2.29. The monoisotopic (exact) mass is 264 g/mol. The van der Waals surface area contributed by atoms with Crippen molar-refractivity contribution in [3.05, 3.63) is 24.0 Å². The zero-order chi connectivity index (χ0) is 13.7. The van der Waals surface area contributed by atoms with Gasteiger partial charge < -0.3 is 15.2 Å². The van der Waals surface area contributed by atoms with E-state index in [1.54, 1.807) is 6.07 Å². The first kappa shape index (κ1) is 13.8. The van der Waals surface area contributed by atoms with Gasteiger partial charge in [0.05, 0.1) is 11.0 Å². The number of H-pyrrole nitrogens is 1. The van der Waals surface area contributed by atoms with Gasteiger partial charge in [-0.2, -0.15) is 0 Å². The molecular weight excluding hydrogens is 243 g/mol. The van der Waals surface area contributed by atoms with Crippen molar-refractivity contribution in [1.82, 2.24) is 14.9 Å². The zero-order valence-corrected chi connectivity index (χ0v) is 11.5. The largest absolute Gasteiger partial charge is 0.355 e. The molecule has 0 aliphatic carbocycles. The number of hydrogen-bond acceptors (Lipinski definition) is 3. The molecule has 0 aliphatic rings. The Morgan fingerprint density at radius 1 is 1.32 bits per heavy atom. The van der Waals surface area contributed by atoms with Crippen molar-refractivity contribution >= 4 is 17.0 Å². The second-order valence-corrected chi connectivity index (χ2v) is 4.61. The van der Waals surface area contributed by atoms with Crippen molar-refractivity contribution in [1.29, 1.82) is 0 Å². The molecule has 0 amide bonds. The molecule has 2 rings (SSSR count). The molecule has 0 bridgehead atoms. The van der Waals surface area contributed by atoms with Gasteiger partial charge in [-0.3, -0.25) is 0 Å². The lowest BCUT2D eigenvalue weighted by Gasteiger charge is -2.19. The third-order valence-corrected chi connectivity index (χ3v) is 3.15. The normalized spacial score (nSPS) is 11.4.